The lowest BCUT2D eigenvalue weighted by Gasteiger charge is -2.29. The molecule has 0 nitrogen and oxygen atoms in total. The summed E-state index contributed by atoms with van der Waals surface area (Å²) >= 11 is 0. The van der Waals surface area contributed by atoms with Crippen LogP contribution in [0.3, 0.4) is 0 Å². The molecule has 172 valence electrons. The second kappa shape index (κ2) is 9.41. The summed E-state index contributed by atoms with van der Waals surface area (Å²) in [6, 6.07) is 12.5. The van der Waals surface area contributed by atoms with Crippen molar-refractivity contribution in [2.45, 2.75) is 82.5 Å². The zero-order chi connectivity index (χ0) is 22.8. The molecule has 0 N–H and O–H groups in total. The van der Waals surface area contributed by atoms with E-state index in [-0.39, 0.29) is 5.56 Å². The van der Waals surface area contributed by atoms with Gasteiger partial charge < -0.3 is 0 Å². The molecule has 4 rings (SSSR count). The number of unbranched alkanes of at least 4 members (excludes halogenated alkanes) is 3. The van der Waals surface area contributed by atoms with E-state index >= 15 is 0 Å². The first-order chi connectivity index (χ1) is 15.3. The van der Waals surface area contributed by atoms with E-state index in [4.69, 9.17) is 0 Å². The minimum atomic E-state index is -4.19. The normalized spacial score (nSPS) is 23.7. The van der Waals surface area contributed by atoms with Crippen molar-refractivity contribution in [1.29, 1.82) is 0 Å². The van der Waals surface area contributed by atoms with Gasteiger partial charge in [-0.15, -0.1) is 0 Å². The number of alkyl halides is 4. The molecule has 2 aromatic carbocycles. The average Bonchev–Trinajstić information content (AvgIpc) is 2.80. The summed E-state index contributed by atoms with van der Waals surface area (Å²) in [7, 11) is 0. The van der Waals surface area contributed by atoms with E-state index in [0.29, 0.717) is 12.0 Å². The molecule has 0 aliphatic heterocycles. The molecule has 0 radical (unpaired) electrons. The molecule has 0 unspecified atom stereocenters. The summed E-state index contributed by atoms with van der Waals surface area (Å²) in [5.41, 5.74) is 2.55. The van der Waals surface area contributed by atoms with Crippen LogP contribution in [0.4, 0.5) is 17.6 Å². The summed E-state index contributed by atoms with van der Waals surface area (Å²) in [6.45, 7) is 2.25. The zero-order valence-corrected chi connectivity index (χ0v) is 18.7. The van der Waals surface area contributed by atoms with Gasteiger partial charge in [-0.25, -0.2) is 0 Å². The van der Waals surface area contributed by atoms with Gasteiger partial charge in [-0.2, -0.15) is 17.6 Å². The fourth-order valence-electron chi connectivity index (χ4n) is 5.24. The lowest BCUT2D eigenvalue weighted by molar-refractivity contribution is -0.187. The highest BCUT2D eigenvalue weighted by molar-refractivity contribution is 5.71. The third-order valence-electron chi connectivity index (χ3n) is 7.31. The maximum Gasteiger partial charge on any atom is 0.339 e. The molecule has 2 aromatic rings. The molecule has 0 saturated heterocycles. The fourth-order valence-corrected chi connectivity index (χ4v) is 5.24. The molecule has 2 aliphatic carbocycles. The first kappa shape index (κ1) is 23.1. The maximum atomic E-state index is 14.1. The Kier molecular flexibility index (Phi) is 6.78. The van der Waals surface area contributed by atoms with Crippen LogP contribution in [0.5, 0.6) is 0 Å². The van der Waals surface area contributed by atoms with Gasteiger partial charge in [-0.1, -0.05) is 81.5 Å². The van der Waals surface area contributed by atoms with E-state index in [0.717, 1.165) is 29.2 Å². The third-order valence-corrected chi connectivity index (χ3v) is 7.31. The smallest absolute Gasteiger partial charge is 0.195 e. The predicted octanol–water partition coefficient (Wildman–Crippen LogP) is 9.35. The van der Waals surface area contributed by atoms with E-state index in [1.807, 2.05) is 12.1 Å². The fraction of sp³-hybridized carbons (Fsp3) is 0.500. The molecular weight excluding hydrogens is 412 g/mol. The van der Waals surface area contributed by atoms with Crippen molar-refractivity contribution in [2.75, 3.05) is 0 Å². The maximum absolute atomic E-state index is 14.1. The van der Waals surface area contributed by atoms with Gasteiger partial charge in [-0.3, -0.25) is 0 Å². The van der Waals surface area contributed by atoms with Crippen LogP contribution in [0.1, 0.15) is 87.3 Å². The number of rotatable bonds is 7. The molecule has 1 fully saturated rings. The molecule has 0 atom stereocenters. The Hall–Kier alpha value is -2.10. The monoisotopic (exact) mass is 444 g/mol. The third kappa shape index (κ3) is 4.65. The zero-order valence-electron chi connectivity index (χ0n) is 18.7. The Morgan fingerprint density at radius 1 is 0.812 bits per heavy atom. The van der Waals surface area contributed by atoms with Gasteiger partial charge in [0, 0.05) is 5.56 Å². The highest BCUT2D eigenvalue weighted by atomic mass is 19.3. The van der Waals surface area contributed by atoms with Gasteiger partial charge in [0.15, 0.2) is 0 Å². The van der Waals surface area contributed by atoms with Crippen LogP contribution >= 0.6 is 0 Å². The van der Waals surface area contributed by atoms with Crippen molar-refractivity contribution in [3.05, 3.63) is 65.2 Å². The van der Waals surface area contributed by atoms with E-state index in [2.05, 4.69) is 19.1 Å². The Bertz CT molecular complexity index is 934. The van der Waals surface area contributed by atoms with Crippen molar-refractivity contribution in [1.82, 2.24) is 0 Å². The highest BCUT2D eigenvalue weighted by Crippen LogP contribution is 2.49. The summed E-state index contributed by atoms with van der Waals surface area (Å²) in [6.07, 6.45) is 13.2. The number of allylic oxidation sites excluding steroid dienone is 1. The number of hydrogen-bond acceptors (Lipinski definition) is 0. The van der Waals surface area contributed by atoms with Gasteiger partial charge in [0.25, 0.3) is 0 Å². The van der Waals surface area contributed by atoms with Crippen LogP contribution in [0.2, 0.25) is 0 Å². The molecule has 32 heavy (non-hydrogen) atoms. The lowest BCUT2D eigenvalue weighted by Crippen LogP contribution is -2.38. The minimum Gasteiger partial charge on any atom is -0.195 e. The minimum absolute atomic E-state index is 0.153. The predicted molar refractivity (Wildman–Crippen MR) is 123 cm³/mol. The molecule has 0 heterocycles. The molecule has 0 spiro atoms. The summed E-state index contributed by atoms with van der Waals surface area (Å²) in [4.78, 5) is 0. The van der Waals surface area contributed by atoms with Crippen LogP contribution < -0.4 is 0 Å². The topological polar surface area (TPSA) is 0 Å². The summed E-state index contributed by atoms with van der Waals surface area (Å²) in [5.74, 6) is -6.88. The van der Waals surface area contributed by atoms with Gasteiger partial charge >= 0.3 is 11.8 Å². The first-order valence-corrected chi connectivity index (χ1v) is 12.0. The van der Waals surface area contributed by atoms with Gasteiger partial charge in [0.1, 0.15) is 0 Å². The standard InChI is InChI=1S/C28H32F4/c1-2-3-4-5-6-20-7-9-21(10-8-20)22-11-13-23(14-12-22)24-15-16-26-25(19-24)17-18-27(29,30)28(26,31)32/h11-21H,2-10H2,1H3. The average molecular weight is 445 g/mol. The largest absolute Gasteiger partial charge is 0.339 e. The quantitative estimate of drug-likeness (QED) is 0.295. The molecule has 0 amide bonds. The van der Waals surface area contributed by atoms with Gasteiger partial charge in [0.05, 0.1) is 0 Å². The van der Waals surface area contributed by atoms with Gasteiger partial charge in [0.2, 0.25) is 0 Å². The van der Waals surface area contributed by atoms with Crippen molar-refractivity contribution < 1.29 is 17.6 Å². The molecule has 0 bridgehead atoms. The van der Waals surface area contributed by atoms with E-state index in [1.54, 1.807) is 6.07 Å². The van der Waals surface area contributed by atoms with Crippen LogP contribution in [-0.4, -0.2) is 5.92 Å². The van der Waals surface area contributed by atoms with Gasteiger partial charge in [-0.05, 0) is 71.9 Å². The molecule has 1 saturated carbocycles. The second-order valence-corrected chi connectivity index (χ2v) is 9.52. The van der Waals surface area contributed by atoms with Crippen molar-refractivity contribution in [3.8, 4) is 11.1 Å². The van der Waals surface area contributed by atoms with Crippen LogP contribution in [0.15, 0.2) is 48.5 Å². The van der Waals surface area contributed by atoms with Crippen LogP contribution in [-0.2, 0) is 5.92 Å². The summed E-state index contributed by atoms with van der Waals surface area (Å²) in [5, 5.41) is 0. The SMILES string of the molecule is CCCCCCC1CCC(c2ccc(-c3ccc4c(c3)C=CC(F)(F)C4(F)F)cc2)CC1. The second-order valence-electron chi connectivity index (χ2n) is 9.52. The van der Waals surface area contributed by atoms with Crippen molar-refractivity contribution in [3.63, 3.8) is 0 Å². The number of hydrogen-bond donors (Lipinski definition) is 0. The molecule has 2 aliphatic rings. The number of halogens is 4. The Morgan fingerprint density at radius 3 is 2.19 bits per heavy atom. The molecule has 4 heteroatoms. The first-order valence-electron chi connectivity index (χ1n) is 12.0. The molecule has 0 aromatic heterocycles. The summed E-state index contributed by atoms with van der Waals surface area (Å²) < 4.78 is 55.4. The highest BCUT2D eigenvalue weighted by Gasteiger charge is 2.57. The van der Waals surface area contributed by atoms with Crippen molar-refractivity contribution >= 4 is 6.08 Å². The number of benzene rings is 2. The Morgan fingerprint density at radius 2 is 1.50 bits per heavy atom. The molecular formula is C28H32F4. The number of fused-ring (bicyclic) bond motifs is 1. The van der Waals surface area contributed by atoms with E-state index < -0.39 is 17.4 Å². The Labute approximate surface area is 188 Å². The lowest BCUT2D eigenvalue weighted by atomic mass is 9.77. The Balaban J connectivity index is 1.40. The van der Waals surface area contributed by atoms with E-state index in [9.17, 15) is 17.6 Å². The van der Waals surface area contributed by atoms with Crippen LogP contribution in [0, 0.1) is 5.92 Å². The van der Waals surface area contributed by atoms with E-state index in [1.165, 1.54) is 69.4 Å². The van der Waals surface area contributed by atoms with Crippen molar-refractivity contribution in [2.24, 2.45) is 5.92 Å². The van der Waals surface area contributed by atoms with Crippen LogP contribution in [0.25, 0.3) is 17.2 Å².